The minimum atomic E-state index is 0.807. The monoisotopic (exact) mass is 230 g/mol. The van der Waals surface area contributed by atoms with Crippen molar-refractivity contribution < 1.29 is 0 Å². The molecule has 0 aliphatic heterocycles. The normalized spacial score (nSPS) is 11.1. The molecule has 2 nitrogen and oxygen atoms in total. The van der Waals surface area contributed by atoms with Crippen LogP contribution in [0.4, 0.5) is 0 Å². The molecular formula is C10H18N2S2. The highest BCUT2D eigenvalue weighted by molar-refractivity contribution is 7.99. The highest BCUT2D eigenvalue weighted by Gasteiger charge is 1.95. The third-order valence-corrected chi connectivity index (χ3v) is 3.83. The predicted molar refractivity (Wildman–Crippen MR) is 66.0 cm³/mol. The molecule has 0 amide bonds. The zero-order valence-electron chi connectivity index (χ0n) is 8.82. The average Bonchev–Trinajstić information content (AvgIpc) is 2.63. The zero-order chi connectivity index (χ0) is 10.2. The van der Waals surface area contributed by atoms with Gasteiger partial charge in [0.05, 0.1) is 5.51 Å². The Bertz CT molecular complexity index is 222. The van der Waals surface area contributed by atoms with Gasteiger partial charge in [-0.2, -0.15) is 11.8 Å². The van der Waals surface area contributed by atoms with Gasteiger partial charge in [0.1, 0.15) is 0 Å². The molecule has 4 heteroatoms. The number of hydrogen-bond donors (Lipinski definition) is 1. The maximum atomic E-state index is 4.03. The van der Waals surface area contributed by atoms with E-state index in [0.717, 1.165) is 19.0 Å². The van der Waals surface area contributed by atoms with E-state index in [0.29, 0.717) is 0 Å². The molecule has 0 fully saturated rings. The molecule has 1 heterocycles. The van der Waals surface area contributed by atoms with Gasteiger partial charge < -0.3 is 5.32 Å². The van der Waals surface area contributed by atoms with Gasteiger partial charge in [0.25, 0.3) is 0 Å². The van der Waals surface area contributed by atoms with Gasteiger partial charge in [-0.3, -0.25) is 4.98 Å². The minimum absolute atomic E-state index is 0.807. The lowest BCUT2D eigenvalue weighted by molar-refractivity contribution is 0.731. The second-order valence-electron chi connectivity index (χ2n) is 3.61. The lowest BCUT2D eigenvalue weighted by Gasteiger charge is -2.04. The van der Waals surface area contributed by atoms with E-state index in [1.807, 2.05) is 23.5 Å². The molecule has 14 heavy (non-hydrogen) atoms. The Hall–Kier alpha value is -0.0600. The summed E-state index contributed by atoms with van der Waals surface area (Å²) < 4.78 is 0. The number of hydrogen-bond acceptors (Lipinski definition) is 4. The van der Waals surface area contributed by atoms with Gasteiger partial charge in [-0.1, -0.05) is 13.8 Å². The van der Waals surface area contributed by atoms with Crippen molar-refractivity contribution in [3.05, 3.63) is 16.6 Å². The number of nitrogens with zero attached hydrogens (tertiary/aromatic N) is 1. The van der Waals surface area contributed by atoms with E-state index in [1.54, 1.807) is 11.3 Å². The van der Waals surface area contributed by atoms with Crippen LogP contribution in [-0.2, 0) is 6.54 Å². The number of aromatic nitrogens is 1. The summed E-state index contributed by atoms with van der Waals surface area (Å²) in [4.78, 5) is 5.35. The Labute approximate surface area is 94.5 Å². The Morgan fingerprint density at radius 2 is 2.43 bits per heavy atom. The van der Waals surface area contributed by atoms with Crippen molar-refractivity contribution in [3.8, 4) is 0 Å². The third kappa shape index (κ3) is 5.62. The molecule has 0 unspecified atom stereocenters. The second kappa shape index (κ2) is 7.26. The molecule has 0 atom stereocenters. The van der Waals surface area contributed by atoms with Crippen molar-refractivity contribution in [1.82, 2.24) is 10.3 Å². The van der Waals surface area contributed by atoms with Crippen LogP contribution in [0.15, 0.2) is 11.7 Å². The summed E-state index contributed by atoms with van der Waals surface area (Å²) in [5.74, 6) is 3.28. The topological polar surface area (TPSA) is 24.9 Å². The molecule has 80 valence electrons. The van der Waals surface area contributed by atoms with Gasteiger partial charge in [-0.25, -0.2) is 0 Å². The van der Waals surface area contributed by atoms with Gasteiger partial charge in [-0.15, -0.1) is 11.3 Å². The van der Waals surface area contributed by atoms with Gasteiger partial charge >= 0.3 is 0 Å². The molecular weight excluding hydrogens is 212 g/mol. The van der Waals surface area contributed by atoms with Crippen LogP contribution in [0.1, 0.15) is 18.7 Å². The van der Waals surface area contributed by atoms with Gasteiger partial charge in [-0.05, 0) is 11.7 Å². The molecule has 1 aromatic rings. The molecule has 0 aromatic carbocycles. The molecule has 1 rings (SSSR count). The van der Waals surface area contributed by atoms with Crippen LogP contribution in [0.5, 0.6) is 0 Å². The molecule has 0 bridgehead atoms. The molecule has 0 aliphatic carbocycles. The minimum Gasteiger partial charge on any atom is -0.311 e. The number of thioether (sulfide) groups is 1. The fraction of sp³-hybridized carbons (Fsp3) is 0.700. The number of thiazole rings is 1. The summed E-state index contributed by atoms with van der Waals surface area (Å²) in [7, 11) is 0. The molecule has 0 aliphatic rings. The largest absolute Gasteiger partial charge is 0.311 e. The molecule has 1 N–H and O–H groups in total. The fourth-order valence-corrected chi connectivity index (χ4v) is 2.50. The number of rotatable bonds is 7. The first-order chi connectivity index (χ1) is 6.79. The van der Waals surface area contributed by atoms with Gasteiger partial charge in [0, 0.05) is 29.9 Å². The third-order valence-electron chi connectivity index (χ3n) is 1.66. The number of nitrogens with one attached hydrogen (secondary N) is 1. The Morgan fingerprint density at radius 1 is 1.57 bits per heavy atom. The maximum Gasteiger partial charge on any atom is 0.0794 e. The van der Waals surface area contributed by atoms with E-state index in [-0.39, 0.29) is 0 Å². The quantitative estimate of drug-likeness (QED) is 0.729. The van der Waals surface area contributed by atoms with Crippen LogP contribution in [0, 0.1) is 5.92 Å². The predicted octanol–water partition coefficient (Wildman–Crippen LogP) is 2.62. The summed E-state index contributed by atoms with van der Waals surface area (Å²) >= 11 is 3.74. The van der Waals surface area contributed by atoms with Crippen molar-refractivity contribution in [2.75, 3.05) is 18.1 Å². The van der Waals surface area contributed by atoms with Crippen molar-refractivity contribution in [2.45, 2.75) is 20.4 Å². The molecule has 0 spiro atoms. The molecule has 1 aromatic heterocycles. The van der Waals surface area contributed by atoms with E-state index in [4.69, 9.17) is 0 Å². The summed E-state index contributed by atoms with van der Waals surface area (Å²) in [6.07, 6.45) is 1.93. The van der Waals surface area contributed by atoms with Crippen molar-refractivity contribution in [2.24, 2.45) is 5.92 Å². The highest BCUT2D eigenvalue weighted by Crippen LogP contribution is 2.07. The summed E-state index contributed by atoms with van der Waals surface area (Å²) in [6, 6.07) is 0. The van der Waals surface area contributed by atoms with Crippen LogP contribution in [0.3, 0.4) is 0 Å². The maximum absolute atomic E-state index is 4.03. The smallest absolute Gasteiger partial charge is 0.0794 e. The van der Waals surface area contributed by atoms with Crippen molar-refractivity contribution in [3.63, 3.8) is 0 Å². The van der Waals surface area contributed by atoms with Crippen LogP contribution in [0.25, 0.3) is 0 Å². The van der Waals surface area contributed by atoms with E-state index >= 15 is 0 Å². The standard InChI is InChI=1S/C10H18N2S2/c1-9(2)7-13-4-3-11-5-10-6-12-8-14-10/h6,8-9,11H,3-5,7H2,1-2H3. The zero-order valence-corrected chi connectivity index (χ0v) is 10.5. The summed E-state index contributed by atoms with van der Waals surface area (Å²) in [6.45, 7) is 6.58. The molecule has 0 saturated carbocycles. The average molecular weight is 230 g/mol. The van der Waals surface area contributed by atoms with E-state index in [1.165, 1.54) is 16.4 Å². The Balaban J connectivity index is 1.90. The van der Waals surface area contributed by atoms with Crippen LogP contribution >= 0.6 is 23.1 Å². The first-order valence-corrected chi connectivity index (χ1v) is 6.98. The Kier molecular flexibility index (Phi) is 6.23. The van der Waals surface area contributed by atoms with E-state index in [9.17, 15) is 0 Å². The fourth-order valence-electron chi connectivity index (χ4n) is 1.00. The van der Waals surface area contributed by atoms with Crippen LogP contribution < -0.4 is 5.32 Å². The second-order valence-corrected chi connectivity index (χ2v) is 5.73. The summed E-state index contributed by atoms with van der Waals surface area (Å²) in [5.41, 5.74) is 1.88. The van der Waals surface area contributed by atoms with E-state index < -0.39 is 0 Å². The van der Waals surface area contributed by atoms with Crippen molar-refractivity contribution in [1.29, 1.82) is 0 Å². The Morgan fingerprint density at radius 3 is 3.07 bits per heavy atom. The lowest BCUT2D eigenvalue weighted by Crippen LogP contribution is -2.16. The highest BCUT2D eigenvalue weighted by atomic mass is 32.2. The van der Waals surface area contributed by atoms with Gasteiger partial charge in [0.15, 0.2) is 0 Å². The SMILES string of the molecule is CC(C)CSCCNCc1cncs1. The first-order valence-electron chi connectivity index (χ1n) is 4.95. The van der Waals surface area contributed by atoms with Crippen LogP contribution in [0.2, 0.25) is 0 Å². The molecule has 0 radical (unpaired) electrons. The first kappa shape index (κ1) is 12.0. The summed E-state index contributed by atoms with van der Waals surface area (Å²) in [5, 5.41) is 3.41. The van der Waals surface area contributed by atoms with Crippen LogP contribution in [-0.4, -0.2) is 23.0 Å². The lowest BCUT2D eigenvalue weighted by atomic mass is 10.3. The molecule has 0 saturated heterocycles. The van der Waals surface area contributed by atoms with E-state index in [2.05, 4.69) is 24.1 Å². The van der Waals surface area contributed by atoms with Gasteiger partial charge in [0.2, 0.25) is 0 Å². The van der Waals surface area contributed by atoms with Crippen molar-refractivity contribution >= 4 is 23.1 Å².